The summed E-state index contributed by atoms with van der Waals surface area (Å²) in [5.41, 5.74) is 4.67. The number of carbonyl (C=O) groups excluding carboxylic acids is 1. The van der Waals surface area contributed by atoms with E-state index >= 15 is 0 Å². The van der Waals surface area contributed by atoms with Crippen molar-refractivity contribution in [1.82, 2.24) is 5.32 Å². The van der Waals surface area contributed by atoms with Crippen molar-refractivity contribution in [1.29, 1.82) is 0 Å². The quantitative estimate of drug-likeness (QED) is 0.869. The highest BCUT2D eigenvalue weighted by Crippen LogP contribution is 2.17. The standard InChI is InChI=1S/C18H20BrNO/c1-12-7-8-16(9-13(12)2)14(3)20-18(21)11-15-5-4-6-17(19)10-15/h4-10,14H,11H2,1-3H3,(H,20,21). The van der Waals surface area contributed by atoms with Crippen LogP contribution in [0.5, 0.6) is 0 Å². The normalized spacial score (nSPS) is 12.0. The van der Waals surface area contributed by atoms with Gasteiger partial charge in [0.1, 0.15) is 0 Å². The van der Waals surface area contributed by atoms with Gasteiger partial charge in [-0.1, -0.05) is 46.3 Å². The Kier molecular flexibility index (Phi) is 5.18. The summed E-state index contributed by atoms with van der Waals surface area (Å²) in [6, 6.07) is 14.2. The Labute approximate surface area is 134 Å². The number of benzene rings is 2. The van der Waals surface area contributed by atoms with Gasteiger partial charge in [0, 0.05) is 4.47 Å². The van der Waals surface area contributed by atoms with Crippen LogP contribution in [-0.2, 0) is 11.2 Å². The second-order valence-electron chi connectivity index (χ2n) is 5.44. The molecule has 2 rings (SSSR count). The molecule has 1 N–H and O–H groups in total. The van der Waals surface area contributed by atoms with Crippen LogP contribution in [0.15, 0.2) is 46.9 Å². The van der Waals surface area contributed by atoms with E-state index in [2.05, 4.69) is 53.3 Å². The van der Waals surface area contributed by atoms with Gasteiger partial charge in [-0.05, 0) is 55.2 Å². The van der Waals surface area contributed by atoms with Gasteiger partial charge in [-0.3, -0.25) is 4.79 Å². The van der Waals surface area contributed by atoms with Crippen molar-refractivity contribution in [2.75, 3.05) is 0 Å². The number of amides is 1. The monoisotopic (exact) mass is 345 g/mol. The SMILES string of the molecule is Cc1ccc(C(C)NC(=O)Cc2cccc(Br)c2)cc1C. The molecular weight excluding hydrogens is 326 g/mol. The van der Waals surface area contributed by atoms with Crippen LogP contribution in [0.25, 0.3) is 0 Å². The summed E-state index contributed by atoms with van der Waals surface area (Å²) in [7, 11) is 0. The molecule has 0 spiro atoms. The first-order valence-electron chi connectivity index (χ1n) is 7.06. The second kappa shape index (κ2) is 6.90. The number of aryl methyl sites for hydroxylation is 2. The van der Waals surface area contributed by atoms with Crippen molar-refractivity contribution < 1.29 is 4.79 Å². The fraction of sp³-hybridized carbons (Fsp3) is 0.278. The molecule has 0 fully saturated rings. The molecule has 0 heterocycles. The van der Waals surface area contributed by atoms with Gasteiger partial charge in [-0.2, -0.15) is 0 Å². The van der Waals surface area contributed by atoms with Crippen LogP contribution in [0.3, 0.4) is 0 Å². The zero-order valence-corrected chi connectivity index (χ0v) is 14.2. The highest BCUT2D eigenvalue weighted by atomic mass is 79.9. The first kappa shape index (κ1) is 15.8. The number of hydrogen-bond donors (Lipinski definition) is 1. The molecule has 0 aliphatic carbocycles. The molecule has 0 bridgehead atoms. The van der Waals surface area contributed by atoms with Gasteiger partial charge >= 0.3 is 0 Å². The third kappa shape index (κ3) is 4.43. The Morgan fingerprint density at radius 2 is 1.90 bits per heavy atom. The third-order valence-corrected chi connectivity index (χ3v) is 4.16. The Balaban J connectivity index is 2.00. The lowest BCUT2D eigenvalue weighted by molar-refractivity contribution is -0.121. The van der Waals surface area contributed by atoms with E-state index in [-0.39, 0.29) is 11.9 Å². The topological polar surface area (TPSA) is 29.1 Å². The van der Waals surface area contributed by atoms with Crippen molar-refractivity contribution in [3.8, 4) is 0 Å². The van der Waals surface area contributed by atoms with E-state index in [0.29, 0.717) is 6.42 Å². The van der Waals surface area contributed by atoms with E-state index in [1.807, 2.05) is 31.2 Å². The number of halogens is 1. The molecule has 0 radical (unpaired) electrons. The lowest BCUT2D eigenvalue weighted by Crippen LogP contribution is -2.28. The molecule has 0 aliphatic rings. The van der Waals surface area contributed by atoms with Crippen LogP contribution in [0.4, 0.5) is 0 Å². The van der Waals surface area contributed by atoms with Gasteiger partial charge < -0.3 is 5.32 Å². The highest BCUT2D eigenvalue weighted by Gasteiger charge is 2.11. The Hall–Kier alpha value is -1.61. The molecule has 0 saturated heterocycles. The lowest BCUT2D eigenvalue weighted by atomic mass is 10.0. The minimum Gasteiger partial charge on any atom is -0.349 e. The van der Waals surface area contributed by atoms with Crippen LogP contribution < -0.4 is 5.32 Å². The predicted molar refractivity (Wildman–Crippen MR) is 90.3 cm³/mol. The average Bonchev–Trinajstić information content (AvgIpc) is 2.41. The Morgan fingerprint density at radius 1 is 1.14 bits per heavy atom. The summed E-state index contributed by atoms with van der Waals surface area (Å²) in [5.74, 6) is 0.0406. The van der Waals surface area contributed by atoms with Crippen LogP contribution in [0.2, 0.25) is 0 Å². The van der Waals surface area contributed by atoms with Crippen LogP contribution >= 0.6 is 15.9 Å². The summed E-state index contributed by atoms with van der Waals surface area (Å²) >= 11 is 3.42. The molecule has 21 heavy (non-hydrogen) atoms. The zero-order chi connectivity index (χ0) is 15.4. The highest BCUT2D eigenvalue weighted by molar-refractivity contribution is 9.10. The molecular formula is C18H20BrNO. The molecule has 2 aromatic rings. The molecule has 0 aliphatic heterocycles. The van der Waals surface area contributed by atoms with Crippen molar-refractivity contribution in [2.24, 2.45) is 0 Å². The molecule has 0 aromatic heterocycles. The smallest absolute Gasteiger partial charge is 0.224 e. The number of hydrogen-bond acceptors (Lipinski definition) is 1. The fourth-order valence-corrected chi connectivity index (χ4v) is 2.69. The molecule has 3 heteroatoms. The van der Waals surface area contributed by atoms with Crippen molar-refractivity contribution in [2.45, 2.75) is 33.2 Å². The van der Waals surface area contributed by atoms with Crippen LogP contribution in [0, 0.1) is 13.8 Å². The molecule has 0 saturated carbocycles. The van der Waals surface area contributed by atoms with Gasteiger partial charge in [0.05, 0.1) is 12.5 Å². The maximum absolute atomic E-state index is 12.1. The van der Waals surface area contributed by atoms with Crippen LogP contribution in [0.1, 0.15) is 35.2 Å². The van der Waals surface area contributed by atoms with Gasteiger partial charge in [0.2, 0.25) is 5.91 Å². The minimum absolute atomic E-state index is 0.0175. The molecule has 1 atom stereocenters. The third-order valence-electron chi connectivity index (χ3n) is 3.66. The predicted octanol–water partition coefficient (Wildman–Crippen LogP) is 4.49. The van der Waals surface area contributed by atoms with E-state index in [4.69, 9.17) is 0 Å². The maximum Gasteiger partial charge on any atom is 0.224 e. The van der Waals surface area contributed by atoms with E-state index in [1.165, 1.54) is 11.1 Å². The van der Waals surface area contributed by atoms with Crippen molar-refractivity contribution in [3.63, 3.8) is 0 Å². The van der Waals surface area contributed by atoms with E-state index in [1.54, 1.807) is 0 Å². The lowest BCUT2D eigenvalue weighted by Gasteiger charge is -2.16. The summed E-state index contributed by atoms with van der Waals surface area (Å²) in [6.07, 6.45) is 0.397. The van der Waals surface area contributed by atoms with Crippen molar-refractivity contribution in [3.05, 3.63) is 69.2 Å². The molecule has 2 aromatic carbocycles. The number of carbonyl (C=O) groups is 1. The molecule has 110 valence electrons. The van der Waals surface area contributed by atoms with Crippen LogP contribution in [-0.4, -0.2) is 5.91 Å². The zero-order valence-electron chi connectivity index (χ0n) is 12.6. The van der Waals surface area contributed by atoms with E-state index in [0.717, 1.165) is 15.6 Å². The van der Waals surface area contributed by atoms with Gasteiger partial charge in [0.25, 0.3) is 0 Å². The number of nitrogens with one attached hydrogen (secondary N) is 1. The summed E-state index contributed by atoms with van der Waals surface area (Å²) in [6.45, 7) is 6.20. The number of rotatable bonds is 4. The second-order valence-corrected chi connectivity index (χ2v) is 6.36. The Bertz CT molecular complexity index is 651. The Morgan fingerprint density at radius 3 is 2.57 bits per heavy atom. The molecule has 1 amide bonds. The fourth-order valence-electron chi connectivity index (χ4n) is 2.24. The van der Waals surface area contributed by atoms with Gasteiger partial charge in [-0.15, -0.1) is 0 Å². The van der Waals surface area contributed by atoms with E-state index < -0.39 is 0 Å². The van der Waals surface area contributed by atoms with Gasteiger partial charge in [0.15, 0.2) is 0 Å². The molecule has 1 unspecified atom stereocenters. The molecule has 2 nitrogen and oxygen atoms in total. The van der Waals surface area contributed by atoms with Crippen molar-refractivity contribution >= 4 is 21.8 Å². The van der Waals surface area contributed by atoms with E-state index in [9.17, 15) is 4.79 Å². The largest absolute Gasteiger partial charge is 0.349 e. The minimum atomic E-state index is 0.0175. The summed E-state index contributed by atoms with van der Waals surface area (Å²) < 4.78 is 0.995. The first-order valence-corrected chi connectivity index (χ1v) is 7.86. The summed E-state index contributed by atoms with van der Waals surface area (Å²) in [4.78, 5) is 12.1. The summed E-state index contributed by atoms with van der Waals surface area (Å²) in [5, 5.41) is 3.06. The first-order chi connectivity index (χ1) is 9.95. The van der Waals surface area contributed by atoms with Gasteiger partial charge in [-0.25, -0.2) is 0 Å². The maximum atomic E-state index is 12.1. The average molecular weight is 346 g/mol.